The van der Waals surface area contributed by atoms with Gasteiger partial charge in [-0.05, 0) is 0 Å². The lowest BCUT2D eigenvalue weighted by atomic mass is 10.5. The Morgan fingerprint density at radius 1 is 2.00 bits per heavy atom. The molecule has 0 saturated heterocycles. The molecule has 2 heteroatoms. The fraction of sp³-hybridized carbons (Fsp3) is 0.750. The van der Waals surface area contributed by atoms with Crippen molar-refractivity contribution in [3.63, 3.8) is 0 Å². The number of nitrogens with zero attached hydrogens (tertiary/aromatic N) is 1. The molecule has 0 aromatic carbocycles. The molecule has 34 valence electrons. The summed E-state index contributed by atoms with van der Waals surface area (Å²) in [6.45, 7) is 8.30. The summed E-state index contributed by atoms with van der Waals surface area (Å²) < 4.78 is 0. The second-order valence-corrected chi connectivity index (χ2v) is 1.61. The van der Waals surface area contributed by atoms with Gasteiger partial charge in [-0.3, -0.25) is 0 Å². The van der Waals surface area contributed by atoms with Crippen LogP contribution in [0.4, 0.5) is 0 Å². The Hall–Kier alpha value is -0.160. The van der Waals surface area contributed by atoms with E-state index in [0.29, 0.717) is 0 Å². The quantitative estimate of drug-likeness (QED) is 0.377. The van der Waals surface area contributed by atoms with Crippen molar-refractivity contribution < 1.29 is 0 Å². The summed E-state index contributed by atoms with van der Waals surface area (Å²) in [6, 6.07) is 0. The van der Waals surface area contributed by atoms with Gasteiger partial charge in [0.15, 0.2) is 0 Å². The Kier molecular flexibility index (Phi) is 2.97. The molecule has 0 aromatic rings. The van der Waals surface area contributed by atoms with Gasteiger partial charge in [-0.2, -0.15) is 0 Å². The maximum absolute atomic E-state index is 6.36. The van der Waals surface area contributed by atoms with Gasteiger partial charge in [0.2, 0.25) is 0 Å². The Balaban J connectivity index is 3.04. The van der Waals surface area contributed by atoms with Crippen molar-refractivity contribution in [3.8, 4) is 0 Å². The van der Waals surface area contributed by atoms with Gasteiger partial charge in [-0.15, -0.1) is 0 Å². The van der Waals surface area contributed by atoms with Crippen LogP contribution in [0.15, 0.2) is 0 Å². The van der Waals surface area contributed by atoms with Crippen LogP contribution in [0.2, 0.25) is 0 Å². The molecular weight excluding hydrogens is 94.1 g/mol. The van der Waals surface area contributed by atoms with E-state index in [-0.39, 0.29) is 5.37 Å². The molecular formula is C4H7NS. The SMILES string of the molecule is [C-]#[N+]C(S)CC. The predicted molar refractivity (Wildman–Crippen MR) is 29.7 cm³/mol. The molecule has 1 unspecified atom stereocenters. The zero-order chi connectivity index (χ0) is 4.99. The average Bonchev–Trinajstić information content (AvgIpc) is 1.65. The van der Waals surface area contributed by atoms with Gasteiger partial charge in [0.05, 0.1) is 0 Å². The highest BCUT2D eigenvalue weighted by molar-refractivity contribution is 7.81. The second kappa shape index (κ2) is 3.05. The molecule has 0 aliphatic rings. The summed E-state index contributed by atoms with van der Waals surface area (Å²) in [5.74, 6) is 0. The van der Waals surface area contributed by atoms with Crippen molar-refractivity contribution in [1.82, 2.24) is 0 Å². The van der Waals surface area contributed by atoms with Crippen LogP contribution in [0.3, 0.4) is 0 Å². The Morgan fingerprint density at radius 3 is 2.50 bits per heavy atom. The zero-order valence-electron chi connectivity index (χ0n) is 3.68. The van der Waals surface area contributed by atoms with Crippen LogP contribution in [0.25, 0.3) is 4.85 Å². The highest BCUT2D eigenvalue weighted by Crippen LogP contribution is 1.98. The molecule has 0 aliphatic heterocycles. The van der Waals surface area contributed by atoms with E-state index in [4.69, 9.17) is 6.57 Å². The Morgan fingerprint density at radius 2 is 2.50 bits per heavy atom. The zero-order valence-corrected chi connectivity index (χ0v) is 4.57. The first-order chi connectivity index (χ1) is 2.81. The summed E-state index contributed by atoms with van der Waals surface area (Å²) in [5.41, 5.74) is 0. The van der Waals surface area contributed by atoms with Gasteiger partial charge < -0.3 is 4.85 Å². The molecule has 0 saturated carbocycles. The summed E-state index contributed by atoms with van der Waals surface area (Å²) in [7, 11) is 0. The van der Waals surface area contributed by atoms with Crippen LogP contribution >= 0.6 is 12.6 Å². The van der Waals surface area contributed by atoms with Crippen molar-refractivity contribution >= 4 is 12.6 Å². The summed E-state index contributed by atoms with van der Waals surface area (Å²) in [6.07, 6.45) is 0.840. The first-order valence-corrected chi connectivity index (χ1v) is 2.37. The first kappa shape index (κ1) is 5.84. The van der Waals surface area contributed by atoms with E-state index in [1.54, 1.807) is 0 Å². The lowest BCUT2D eigenvalue weighted by molar-refractivity contribution is 0.980. The van der Waals surface area contributed by atoms with Crippen LogP contribution in [-0.4, -0.2) is 5.37 Å². The molecule has 0 spiro atoms. The molecule has 1 nitrogen and oxygen atoms in total. The largest absolute Gasteiger partial charge is 0.302 e. The van der Waals surface area contributed by atoms with Crippen molar-refractivity contribution in [2.24, 2.45) is 0 Å². The van der Waals surface area contributed by atoms with E-state index in [0.717, 1.165) is 6.42 Å². The molecule has 0 aromatic heterocycles. The summed E-state index contributed by atoms with van der Waals surface area (Å²) >= 11 is 3.88. The second-order valence-electron chi connectivity index (χ2n) is 1.02. The average molecular weight is 101 g/mol. The molecule has 0 fully saturated rings. The Labute approximate surface area is 43.6 Å². The fourth-order valence-corrected chi connectivity index (χ4v) is 0.0913. The topological polar surface area (TPSA) is 4.36 Å². The molecule has 0 N–H and O–H groups in total. The monoisotopic (exact) mass is 101 g/mol. The first-order valence-electron chi connectivity index (χ1n) is 1.86. The number of thiol groups is 1. The molecule has 0 amide bonds. The molecule has 1 atom stereocenters. The van der Waals surface area contributed by atoms with Crippen LogP contribution in [0.5, 0.6) is 0 Å². The predicted octanol–water partition coefficient (Wildman–Crippen LogP) is 1.57. The summed E-state index contributed by atoms with van der Waals surface area (Å²) in [4.78, 5) is 3.12. The third kappa shape index (κ3) is 2.10. The molecule has 6 heavy (non-hydrogen) atoms. The van der Waals surface area contributed by atoms with Gasteiger partial charge in [0.25, 0.3) is 5.37 Å². The van der Waals surface area contributed by atoms with Crippen LogP contribution in [0.1, 0.15) is 13.3 Å². The van der Waals surface area contributed by atoms with E-state index in [1.807, 2.05) is 6.92 Å². The lowest BCUT2D eigenvalue weighted by Crippen LogP contribution is -1.82. The van der Waals surface area contributed by atoms with Crippen molar-refractivity contribution in [3.05, 3.63) is 11.4 Å². The maximum atomic E-state index is 6.36. The van der Waals surface area contributed by atoms with Crippen molar-refractivity contribution in [2.45, 2.75) is 18.7 Å². The van der Waals surface area contributed by atoms with Crippen LogP contribution in [-0.2, 0) is 0 Å². The van der Waals surface area contributed by atoms with E-state index in [2.05, 4.69) is 17.5 Å². The highest BCUT2D eigenvalue weighted by atomic mass is 32.1. The third-order valence-electron chi connectivity index (χ3n) is 0.514. The van der Waals surface area contributed by atoms with E-state index >= 15 is 0 Å². The maximum Gasteiger partial charge on any atom is 0.265 e. The third-order valence-corrected chi connectivity index (χ3v) is 0.995. The van der Waals surface area contributed by atoms with Gasteiger partial charge in [-0.25, -0.2) is 6.57 Å². The number of hydrogen-bond acceptors (Lipinski definition) is 1. The fourth-order valence-electron chi connectivity index (χ4n) is 0.0913. The smallest absolute Gasteiger partial charge is 0.265 e. The summed E-state index contributed by atoms with van der Waals surface area (Å²) in [5, 5.41) is -0.0787. The minimum atomic E-state index is -0.0787. The normalized spacial score (nSPS) is 12.8. The Bertz CT molecular complexity index is 64.4. The standard InChI is InChI=1S/C4H7NS/c1-3-4(6)5-2/h4,6H,3H2,1H3. The van der Waals surface area contributed by atoms with E-state index < -0.39 is 0 Å². The van der Waals surface area contributed by atoms with E-state index in [9.17, 15) is 0 Å². The molecule has 0 heterocycles. The van der Waals surface area contributed by atoms with Gasteiger partial charge in [0, 0.05) is 6.42 Å². The van der Waals surface area contributed by atoms with Crippen LogP contribution in [0, 0.1) is 6.57 Å². The van der Waals surface area contributed by atoms with Crippen molar-refractivity contribution in [1.29, 1.82) is 0 Å². The van der Waals surface area contributed by atoms with Gasteiger partial charge in [-0.1, -0.05) is 19.6 Å². The van der Waals surface area contributed by atoms with Gasteiger partial charge >= 0.3 is 0 Å². The minimum Gasteiger partial charge on any atom is -0.302 e. The molecule has 0 radical (unpaired) electrons. The minimum absolute atomic E-state index is 0.0787. The van der Waals surface area contributed by atoms with Crippen LogP contribution < -0.4 is 0 Å². The van der Waals surface area contributed by atoms with E-state index in [1.165, 1.54) is 0 Å². The number of rotatable bonds is 1. The molecule has 0 aliphatic carbocycles. The van der Waals surface area contributed by atoms with Gasteiger partial charge in [0.1, 0.15) is 0 Å². The molecule has 0 rings (SSSR count). The lowest BCUT2D eigenvalue weighted by Gasteiger charge is -1.83. The molecule has 0 bridgehead atoms. The van der Waals surface area contributed by atoms with Crippen molar-refractivity contribution in [2.75, 3.05) is 0 Å². The number of hydrogen-bond donors (Lipinski definition) is 1. The highest BCUT2D eigenvalue weighted by Gasteiger charge is 1.94.